The monoisotopic (exact) mass is 497 g/mol. The van der Waals surface area contributed by atoms with Crippen LogP contribution in [0.25, 0.3) is 0 Å². The summed E-state index contributed by atoms with van der Waals surface area (Å²) in [5.74, 6) is -0.243. The number of benzene rings is 2. The molecule has 2 saturated heterocycles. The van der Waals surface area contributed by atoms with E-state index in [0.717, 1.165) is 44.0 Å². The zero-order chi connectivity index (χ0) is 26.3. The number of imide groups is 1. The Morgan fingerprint density at radius 3 is 2.59 bits per heavy atom. The largest absolute Gasteiger partial charge is 0.495 e. The van der Waals surface area contributed by atoms with Crippen molar-refractivity contribution in [2.45, 2.75) is 38.0 Å². The van der Waals surface area contributed by atoms with Gasteiger partial charge in [0.1, 0.15) is 35.3 Å². The molecule has 0 aliphatic carbocycles. The minimum absolute atomic E-state index is 0.196. The fraction of sp³-hybridized carbons (Fsp3) is 0.400. The summed E-state index contributed by atoms with van der Waals surface area (Å²) in [6.07, 6.45) is 0.571. The van der Waals surface area contributed by atoms with Gasteiger partial charge in [0.2, 0.25) is 11.8 Å². The van der Waals surface area contributed by atoms with Crippen molar-refractivity contribution < 1.29 is 23.9 Å². The lowest BCUT2D eigenvalue weighted by Crippen LogP contribution is -2.52. The molecule has 2 fully saturated rings. The van der Waals surface area contributed by atoms with Crippen molar-refractivity contribution in [3.8, 4) is 5.75 Å². The van der Waals surface area contributed by atoms with E-state index in [1.165, 1.54) is 22.0 Å². The molecule has 1 N–H and O–H groups in total. The highest BCUT2D eigenvalue weighted by Crippen LogP contribution is 2.35. The fourth-order valence-corrected chi connectivity index (χ4v) is 5.89. The molecule has 2 aromatic carbocycles. The van der Waals surface area contributed by atoms with Gasteiger partial charge in [0.25, 0.3) is 5.91 Å². The van der Waals surface area contributed by atoms with Crippen molar-refractivity contribution in [2.75, 3.05) is 26.3 Å². The average Bonchev–Trinajstić information content (AvgIpc) is 3.20. The van der Waals surface area contributed by atoms with Crippen LogP contribution in [0.4, 0.5) is 0 Å². The van der Waals surface area contributed by atoms with Crippen LogP contribution in [0.1, 0.15) is 45.9 Å². The zero-order valence-electron chi connectivity index (χ0n) is 22.1. The van der Waals surface area contributed by atoms with Crippen molar-refractivity contribution in [2.24, 2.45) is 0 Å². The molecule has 37 heavy (non-hydrogen) atoms. The first kappa shape index (κ1) is 25.7. The van der Waals surface area contributed by atoms with E-state index in [9.17, 15) is 14.4 Å². The zero-order valence-corrected chi connectivity index (χ0v) is 22.1. The van der Waals surface area contributed by atoms with Gasteiger partial charge in [-0.3, -0.25) is 24.6 Å². The van der Waals surface area contributed by atoms with E-state index in [4.69, 9.17) is 9.47 Å². The van der Waals surface area contributed by atoms with E-state index >= 15 is 0 Å². The van der Waals surface area contributed by atoms with E-state index in [1.807, 2.05) is 20.0 Å². The van der Waals surface area contributed by atoms with Gasteiger partial charge in [0.05, 0.1) is 25.8 Å². The molecule has 3 heterocycles. The molecule has 5 rings (SSSR count). The van der Waals surface area contributed by atoms with Gasteiger partial charge in [0.15, 0.2) is 7.85 Å². The average molecular weight is 497 g/mol. The van der Waals surface area contributed by atoms with E-state index in [2.05, 4.69) is 39.8 Å². The smallest absolute Gasteiger partial charge is 0.255 e. The second-order valence-corrected chi connectivity index (χ2v) is 10.3. The number of piperidine rings is 1. The third-order valence-electron chi connectivity index (χ3n) is 8.01. The number of carbonyl (C=O) groups is 3. The van der Waals surface area contributed by atoms with E-state index in [-0.39, 0.29) is 24.2 Å². The highest BCUT2D eigenvalue weighted by molar-refractivity contribution is 6.52. The van der Waals surface area contributed by atoms with Crippen molar-refractivity contribution in [1.82, 2.24) is 15.1 Å². The predicted octanol–water partition coefficient (Wildman–Crippen LogP) is -4.23. The van der Waals surface area contributed by atoms with Crippen LogP contribution in [0.15, 0.2) is 24.3 Å². The van der Waals surface area contributed by atoms with Crippen LogP contribution in [0.3, 0.4) is 0 Å². The Balaban J connectivity index is 1.36. The topological polar surface area (TPSA) is 88.2 Å². The molecule has 0 spiro atoms. The summed E-state index contributed by atoms with van der Waals surface area (Å²) in [7, 11) is 8.51. The first-order valence-corrected chi connectivity index (χ1v) is 13.1. The van der Waals surface area contributed by atoms with Gasteiger partial charge in [-0.2, -0.15) is 0 Å². The van der Waals surface area contributed by atoms with Crippen LogP contribution in [0.5, 0.6) is 5.75 Å². The third kappa shape index (κ3) is 4.97. The molecule has 2 atom stereocenters. The Morgan fingerprint density at radius 1 is 1.11 bits per heavy atom. The van der Waals surface area contributed by atoms with Crippen LogP contribution < -0.4 is 26.4 Å². The highest BCUT2D eigenvalue weighted by atomic mass is 16.5. The molecule has 3 aliphatic rings. The number of ether oxygens (including phenoxy) is 2. The summed E-state index contributed by atoms with van der Waals surface area (Å²) in [4.78, 5) is 41.2. The number of morpholine rings is 1. The quantitative estimate of drug-likeness (QED) is 0.322. The minimum Gasteiger partial charge on any atom is -0.495 e. The van der Waals surface area contributed by atoms with Crippen molar-refractivity contribution in [3.63, 3.8) is 0 Å². The van der Waals surface area contributed by atoms with E-state index in [1.54, 1.807) is 11.0 Å². The second kappa shape index (κ2) is 10.4. The van der Waals surface area contributed by atoms with Gasteiger partial charge < -0.3 is 14.4 Å². The summed E-state index contributed by atoms with van der Waals surface area (Å²) < 4.78 is 12.0. The Kier molecular flexibility index (Phi) is 7.23. The predicted molar refractivity (Wildman–Crippen MR) is 151 cm³/mol. The molecule has 3 aliphatic heterocycles. The number of carbonyl (C=O) groups excluding carboxylic acids is 3. The van der Waals surface area contributed by atoms with Crippen LogP contribution in [-0.4, -0.2) is 91.3 Å². The highest BCUT2D eigenvalue weighted by Gasteiger charge is 2.40. The Hall–Kier alpha value is -2.97. The molecule has 0 radical (unpaired) electrons. The summed E-state index contributed by atoms with van der Waals surface area (Å²) in [6, 6.07) is 6.90. The van der Waals surface area contributed by atoms with Crippen LogP contribution in [0.2, 0.25) is 0 Å². The normalized spacial score (nSPS) is 21.0. The Morgan fingerprint density at radius 2 is 1.86 bits per heavy atom. The summed E-state index contributed by atoms with van der Waals surface area (Å²) in [5, 5.41) is 2.36. The molecule has 0 saturated carbocycles. The molecule has 3 amide bonds. The maximum atomic E-state index is 13.2. The first-order chi connectivity index (χ1) is 17.7. The van der Waals surface area contributed by atoms with Gasteiger partial charge in [-0.1, -0.05) is 28.5 Å². The lowest BCUT2D eigenvalue weighted by Gasteiger charge is -2.30. The molecule has 188 valence electrons. The summed E-state index contributed by atoms with van der Waals surface area (Å²) in [6.45, 7) is 4.67. The minimum atomic E-state index is -0.644. The lowest BCUT2D eigenvalue weighted by molar-refractivity contribution is -0.136. The number of hydrogen-bond donors (Lipinski definition) is 1. The summed E-state index contributed by atoms with van der Waals surface area (Å²) in [5.41, 5.74) is 7.53. The van der Waals surface area contributed by atoms with E-state index < -0.39 is 11.9 Å². The molecule has 8 nitrogen and oxygen atoms in total. The number of hydrogen-bond acceptors (Lipinski definition) is 6. The first-order valence-electron chi connectivity index (χ1n) is 13.1. The number of amides is 3. The molecule has 12 heteroatoms. The number of nitrogens with zero attached hydrogens (tertiary/aromatic N) is 2. The van der Waals surface area contributed by atoms with Gasteiger partial charge in [-0.15, -0.1) is 0 Å². The lowest BCUT2D eigenvalue weighted by atomic mass is 9.67. The third-order valence-corrected chi connectivity index (χ3v) is 8.01. The Bertz CT molecular complexity index is 1270. The number of fused-ring (bicyclic) bond motifs is 1. The van der Waals surface area contributed by atoms with Gasteiger partial charge >= 0.3 is 0 Å². The maximum Gasteiger partial charge on any atom is 0.255 e. The van der Waals surface area contributed by atoms with Crippen LogP contribution >= 0.6 is 0 Å². The second-order valence-electron chi connectivity index (χ2n) is 10.3. The molecular weight excluding hydrogens is 466 g/mol. The molecule has 0 bridgehead atoms. The summed E-state index contributed by atoms with van der Waals surface area (Å²) >= 11 is 0. The van der Waals surface area contributed by atoms with Crippen molar-refractivity contribution in [1.29, 1.82) is 0 Å². The molecule has 2 aromatic rings. The maximum absolute atomic E-state index is 13.2. The standard InChI is InChI=1S/C25H31B4N3O5/c26-16-10-13(11-31-6-8-36-9-7-31)21(27)22(28)20(16)23(29)37-18-3-1-2-14-15(18)12-32(25(14)35)17-4-5-19(33)30-24(17)34/h1-3,10,17,23H,4-9,11-12,26-29H2,(H,30,33,34). The van der Waals surface area contributed by atoms with Gasteiger partial charge in [-0.05, 0) is 29.7 Å². The molecule has 0 aromatic heterocycles. The number of nitrogens with one attached hydrogen (secondary N) is 1. The van der Waals surface area contributed by atoms with Crippen LogP contribution in [-0.2, 0) is 27.4 Å². The van der Waals surface area contributed by atoms with Crippen molar-refractivity contribution >= 4 is 65.5 Å². The SMILES string of the molecule is Bc1cc(CN2CCOCC2)c(B)c(B)c1C(B)Oc1cccc2c1CN(C1CCC(=O)NC1=O)C2=O. The van der Waals surface area contributed by atoms with E-state index in [0.29, 0.717) is 24.3 Å². The Labute approximate surface area is 221 Å². The number of rotatable bonds is 6. The fourth-order valence-electron chi connectivity index (χ4n) is 5.89. The van der Waals surface area contributed by atoms with Crippen molar-refractivity contribution in [3.05, 3.63) is 46.5 Å². The van der Waals surface area contributed by atoms with Gasteiger partial charge in [-0.25, -0.2) is 0 Å². The van der Waals surface area contributed by atoms with Gasteiger partial charge in [0, 0.05) is 37.2 Å². The molecular formula is C25H31B4N3O5. The van der Waals surface area contributed by atoms with Crippen LogP contribution in [0, 0.1) is 0 Å². The molecule has 2 unspecified atom stereocenters.